The average Bonchev–Trinajstić information content (AvgIpc) is 2.43. The smallest absolute Gasteiger partial charge is 0.310 e. The molecule has 3 atom stereocenters. The number of terminal acetylenes is 1. The summed E-state index contributed by atoms with van der Waals surface area (Å²) < 4.78 is 5.24. The van der Waals surface area contributed by atoms with Gasteiger partial charge in [-0.25, -0.2) is 0 Å². The standard InChI is InChI=1S/C12H18O2/c1-4-6-7-8-11-10(5-2)9(3)12(13)14-11/h2,9-11H,4,6-8H2,1,3H3/t9-,10-,11-/m1/s1. The minimum atomic E-state index is -0.130. The summed E-state index contributed by atoms with van der Waals surface area (Å²) in [5.74, 6) is 2.41. The van der Waals surface area contributed by atoms with Crippen LogP contribution in [0.1, 0.15) is 39.5 Å². The molecule has 14 heavy (non-hydrogen) atoms. The van der Waals surface area contributed by atoms with Gasteiger partial charge in [0.2, 0.25) is 0 Å². The highest BCUT2D eigenvalue weighted by molar-refractivity contribution is 5.75. The highest BCUT2D eigenvalue weighted by Gasteiger charge is 2.39. The van der Waals surface area contributed by atoms with Crippen LogP contribution in [0.5, 0.6) is 0 Å². The Balaban J connectivity index is 2.45. The van der Waals surface area contributed by atoms with E-state index in [9.17, 15) is 4.79 Å². The van der Waals surface area contributed by atoms with Gasteiger partial charge in [0.1, 0.15) is 6.10 Å². The fraction of sp³-hybridized carbons (Fsp3) is 0.750. The number of esters is 1. The van der Waals surface area contributed by atoms with E-state index in [2.05, 4.69) is 12.8 Å². The van der Waals surface area contributed by atoms with E-state index in [1.54, 1.807) is 0 Å². The van der Waals surface area contributed by atoms with Gasteiger partial charge in [0, 0.05) is 0 Å². The number of cyclic esters (lactones) is 1. The molecule has 1 heterocycles. The topological polar surface area (TPSA) is 26.3 Å². The number of hydrogen-bond donors (Lipinski definition) is 0. The predicted octanol–water partition coefficient (Wildman–Crippen LogP) is 2.38. The van der Waals surface area contributed by atoms with Crippen molar-refractivity contribution in [3.05, 3.63) is 0 Å². The van der Waals surface area contributed by atoms with Crippen molar-refractivity contribution in [1.29, 1.82) is 0 Å². The van der Waals surface area contributed by atoms with Gasteiger partial charge in [0.25, 0.3) is 0 Å². The van der Waals surface area contributed by atoms with Gasteiger partial charge in [-0.15, -0.1) is 6.42 Å². The summed E-state index contributed by atoms with van der Waals surface area (Å²) in [4.78, 5) is 11.3. The molecule has 1 saturated heterocycles. The Morgan fingerprint density at radius 2 is 2.21 bits per heavy atom. The molecule has 0 bridgehead atoms. The number of hydrogen-bond acceptors (Lipinski definition) is 2. The first-order chi connectivity index (χ1) is 6.70. The van der Waals surface area contributed by atoms with Crippen LogP contribution in [0, 0.1) is 24.2 Å². The zero-order valence-corrected chi connectivity index (χ0v) is 8.95. The Kier molecular flexibility index (Phi) is 4.00. The van der Waals surface area contributed by atoms with Crippen molar-refractivity contribution in [3.8, 4) is 12.3 Å². The third-order valence-corrected chi connectivity index (χ3v) is 2.86. The van der Waals surface area contributed by atoms with E-state index >= 15 is 0 Å². The van der Waals surface area contributed by atoms with Crippen LogP contribution < -0.4 is 0 Å². The van der Waals surface area contributed by atoms with Gasteiger partial charge in [-0.1, -0.05) is 32.6 Å². The molecule has 2 heteroatoms. The quantitative estimate of drug-likeness (QED) is 0.390. The lowest BCUT2D eigenvalue weighted by Gasteiger charge is -2.13. The minimum absolute atomic E-state index is 0.0145. The van der Waals surface area contributed by atoms with Gasteiger partial charge >= 0.3 is 5.97 Å². The Labute approximate surface area is 86.0 Å². The lowest BCUT2D eigenvalue weighted by atomic mass is 9.90. The van der Waals surface area contributed by atoms with Gasteiger partial charge in [-0.3, -0.25) is 4.79 Å². The summed E-state index contributed by atoms with van der Waals surface area (Å²) in [6.07, 6.45) is 9.74. The van der Waals surface area contributed by atoms with Crippen LogP contribution >= 0.6 is 0 Å². The van der Waals surface area contributed by atoms with Gasteiger partial charge in [0.05, 0.1) is 11.8 Å². The first kappa shape index (κ1) is 11.1. The summed E-state index contributed by atoms with van der Waals surface area (Å²) in [6, 6.07) is 0. The van der Waals surface area contributed by atoms with Crippen LogP contribution in [-0.4, -0.2) is 12.1 Å². The SMILES string of the molecule is C#C[C@H]1[C@@H](CCCCC)OC(=O)[C@@H]1C. The van der Waals surface area contributed by atoms with E-state index in [0.29, 0.717) is 0 Å². The zero-order chi connectivity index (χ0) is 10.6. The van der Waals surface area contributed by atoms with Crippen molar-refractivity contribution in [2.75, 3.05) is 0 Å². The van der Waals surface area contributed by atoms with Gasteiger partial charge < -0.3 is 4.74 Å². The Hall–Kier alpha value is -0.970. The van der Waals surface area contributed by atoms with Crippen molar-refractivity contribution in [2.24, 2.45) is 11.8 Å². The highest BCUT2D eigenvalue weighted by atomic mass is 16.6. The first-order valence-electron chi connectivity index (χ1n) is 5.37. The average molecular weight is 194 g/mol. The Bertz CT molecular complexity index is 239. The molecule has 0 N–H and O–H groups in total. The first-order valence-corrected chi connectivity index (χ1v) is 5.37. The fourth-order valence-corrected chi connectivity index (χ4v) is 1.88. The third-order valence-electron chi connectivity index (χ3n) is 2.86. The molecule has 0 aromatic heterocycles. The van der Waals surface area contributed by atoms with Crippen LogP contribution in [0.15, 0.2) is 0 Å². The van der Waals surface area contributed by atoms with Crippen LogP contribution in [-0.2, 0) is 9.53 Å². The molecule has 1 aliphatic heterocycles. The van der Waals surface area contributed by atoms with Crippen LogP contribution in [0.3, 0.4) is 0 Å². The zero-order valence-electron chi connectivity index (χ0n) is 8.95. The molecule has 1 aliphatic rings. The number of carbonyl (C=O) groups excluding carboxylic acids is 1. The molecule has 1 rings (SSSR count). The van der Waals surface area contributed by atoms with Gasteiger partial charge in [-0.2, -0.15) is 0 Å². The molecular weight excluding hydrogens is 176 g/mol. The number of carbonyl (C=O) groups is 1. The van der Waals surface area contributed by atoms with Crippen LogP contribution in [0.2, 0.25) is 0 Å². The molecule has 1 fully saturated rings. The maximum atomic E-state index is 11.3. The summed E-state index contributed by atoms with van der Waals surface area (Å²) in [5, 5.41) is 0. The van der Waals surface area contributed by atoms with Crippen molar-refractivity contribution in [1.82, 2.24) is 0 Å². The molecule has 0 radical (unpaired) electrons. The van der Waals surface area contributed by atoms with Crippen LogP contribution in [0.25, 0.3) is 0 Å². The lowest BCUT2D eigenvalue weighted by molar-refractivity contribution is -0.144. The third kappa shape index (κ3) is 2.29. The van der Waals surface area contributed by atoms with E-state index in [-0.39, 0.29) is 23.9 Å². The highest BCUT2D eigenvalue weighted by Crippen LogP contribution is 2.30. The maximum Gasteiger partial charge on any atom is 0.310 e. The largest absolute Gasteiger partial charge is 0.461 e. The molecule has 2 nitrogen and oxygen atoms in total. The molecule has 78 valence electrons. The second-order valence-corrected chi connectivity index (χ2v) is 3.95. The number of rotatable bonds is 4. The molecule has 0 amide bonds. The fourth-order valence-electron chi connectivity index (χ4n) is 1.88. The van der Waals surface area contributed by atoms with E-state index in [1.165, 1.54) is 12.8 Å². The number of unbranched alkanes of at least 4 members (excludes halogenated alkanes) is 2. The van der Waals surface area contributed by atoms with Crippen molar-refractivity contribution in [2.45, 2.75) is 45.6 Å². The molecule has 0 unspecified atom stereocenters. The molecule has 0 spiro atoms. The summed E-state index contributed by atoms with van der Waals surface area (Å²) in [7, 11) is 0. The van der Waals surface area contributed by atoms with Crippen LogP contribution in [0.4, 0.5) is 0 Å². The lowest BCUT2D eigenvalue weighted by Crippen LogP contribution is -2.17. The van der Waals surface area contributed by atoms with Crippen molar-refractivity contribution < 1.29 is 9.53 Å². The van der Waals surface area contributed by atoms with E-state index in [1.807, 2.05) is 6.92 Å². The van der Waals surface area contributed by atoms with Crippen molar-refractivity contribution >= 4 is 5.97 Å². The normalized spacial score (nSPS) is 31.2. The Morgan fingerprint density at radius 1 is 1.50 bits per heavy atom. The van der Waals surface area contributed by atoms with E-state index in [0.717, 1.165) is 12.8 Å². The monoisotopic (exact) mass is 194 g/mol. The van der Waals surface area contributed by atoms with E-state index in [4.69, 9.17) is 11.2 Å². The van der Waals surface area contributed by atoms with Crippen molar-refractivity contribution in [3.63, 3.8) is 0 Å². The molecular formula is C12H18O2. The number of ether oxygens (including phenoxy) is 1. The summed E-state index contributed by atoms with van der Waals surface area (Å²) in [6.45, 7) is 4.01. The van der Waals surface area contributed by atoms with Gasteiger partial charge in [-0.05, 0) is 12.8 Å². The second-order valence-electron chi connectivity index (χ2n) is 3.95. The molecule has 0 aromatic rings. The molecule has 0 saturated carbocycles. The Morgan fingerprint density at radius 3 is 2.79 bits per heavy atom. The predicted molar refractivity (Wildman–Crippen MR) is 55.5 cm³/mol. The van der Waals surface area contributed by atoms with Gasteiger partial charge in [0.15, 0.2) is 0 Å². The minimum Gasteiger partial charge on any atom is -0.461 e. The second kappa shape index (κ2) is 5.05. The summed E-state index contributed by atoms with van der Waals surface area (Å²) in [5.41, 5.74) is 0. The van der Waals surface area contributed by atoms with E-state index < -0.39 is 0 Å². The molecule has 0 aliphatic carbocycles. The molecule has 0 aromatic carbocycles. The maximum absolute atomic E-state index is 11.3. The summed E-state index contributed by atoms with van der Waals surface area (Å²) >= 11 is 0.